The number of hydrogen-bond donors (Lipinski definition) is 2. The van der Waals surface area contributed by atoms with Gasteiger partial charge in [-0.05, 0) is 60.1 Å². The second kappa shape index (κ2) is 8.52. The van der Waals surface area contributed by atoms with Gasteiger partial charge in [-0.25, -0.2) is 0 Å². The second-order valence-corrected chi connectivity index (χ2v) is 6.61. The molecule has 0 spiro atoms. The molecule has 0 saturated carbocycles. The zero-order chi connectivity index (χ0) is 18.4. The minimum atomic E-state index is -0.256. The maximum Gasteiger partial charge on any atom is 0.242 e. The Balaban J connectivity index is 1.46. The molecule has 0 aromatic heterocycles. The molecular weight excluding hydrogens is 328 g/mol. The first-order chi connectivity index (χ1) is 12.6. The number of carbonyl (C=O) groups is 2. The van der Waals surface area contributed by atoms with Gasteiger partial charge in [0.25, 0.3) is 0 Å². The summed E-state index contributed by atoms with van der Waals surface area (Å²) in [6.45, 7) is 0. The molecule has 136 valence electrons. The molecule has 1 aliphatic rings. The summed E-state index contributed by atoms with van der Waals surface area (Å²) in [5.41, 5.74) is 9.54. The highest BCUT2D eigenvalue weighted by Gasteiger charge is 2.12. The minimum Gasteiger partial charge on any atom is -0.497 e. The predicted octanol–water partition coefficient (Wildman–Crippen LogP) is 2.51. The summed E-state index contributed by atoms with van der Waals surface area (Å²) in [6.07, 6.45) is 5.13. The van der Waals surface area contributed by atoms with Crippen molar-refractivity contribution in [3.63, 3.8) is 0 Å². The van der Waals surface area contributed by atoms with E-state index in [1.54, 1.807) is 19.2 Å². The van der Waals surface area contributed by atoms with Crippen molar-refractivity contribution in [2.24, 2.45) is 0 Å². The van der Waals surface area contributed by atoms with Crippen LogP contribution in [0.3, 0.4) is 0 Å². The van der Waals surface area contributed by atoms with Crippen LogP contribution in [0, 0.1) is 0 Å². The van der Waals surface area contributed by atoms with Gasteiger partial charge in [0, 0.05) is 0 Å². The van der Waals surface area contributed by atoms with E-state index in [9.17, 15) is 9.59 Å². The van der Waals surface area contributed by atoms with E-state index in [2.05, 4.69) is 23.0 Å². The monoisotopic (exact) mass is 352 g/mol. The summed E-state index contributed by atoms with van der Waals surface area (Å²) in [5, 5.41) is 0. The van der Waals surface area contributed by atoms with E-state index in [1.165, 1.54) is 24.0 Å². The summed E-state index contributed by atoms with van der Waals surface area (Å²) in [6, 6.07) is 13.5. The van der Waals surface area contributed by atoms with E-state index in [-0.39, 0.29) is 24.7 Å². The Kier molecular flexibility index (Phi) is 5.89. The lowest BCUT2D eigenvalue weighted by molar-refractivity contribution is -0.128. The van der Waals surface area contributed by atoms with Crippen LogP contribution in [0.4, 0.5) is 0 Å². The molecule has 2 aromatic carbocycles. The zero-order valence-corrected chi connectivity index (χ0v) is 15.0. The molecule has 2 N–H and O–H groups in total. The number of hydrazine groups is 1. The summed E-state index contributed by atoms with van der Waals surface area (Å²) in [7, 11) is 1.60. The third-order valence-electron chi connectivity index (χ3n) is 4.64. The molecule has 0 atom stereocenters. The van der Waals surface area contributed by atoms with Gasteiger partial charge in [-0.1, -0.05) is 30.3 Å². The SMILES string of the molecule is COc1ccc(CC(=O)NNC(=O)Cc2ccc3c(c2)CCCC3)cc1. The Morgan fingerprint density at radius 3 is 2.08 bits per heavy atom. The number of carbonyl (C=O) groups excluding carboxylic acids is 2. The lowest BCUT2D eigenvalue weighted by atomic mass is 9.90. The average Bonchev–Trinajstić information content (AvgIpc) is 2.67. The molecular formula is C21H24N2O3. The van der Waals surface area contributed by atoms with E-state index < -0.39 is 0 Å². The van der Waals surface area contributed by atoms with Gasteiger partial charge in [0.05, 0.1) is 20.0 Å². The Morgan fingerprint density at radius 1 is 0.846 bits per heavy atom. The normalized spacial score (nSPS) is 12.8. The van der Waals surface area contributed by atoms with Gasteiger partial charge in [-0.3, -0.25) is 20.4 Å². The Labute approximate surface area is 153 Å². The quantitative estimate of drug-likeness (QED) is 0.813. The van der Waals surface area contributed by atoms with Gasteiger partial charge in [0.15, 0.2) is 0 Å². The van der Waals surface area contributed by atoms with Gasteiger partial charge in [0.1, 0.15) is 5.75 Å². The fourth-order valence-electron chi connectivity index (χ4n) is 3.24. The molecule has 0 heterocycles. The van der Waals surface area contributed by atoms with E-state index in [1.807, 2.05) is 18.2 Å². The second-order valence-electron chi connectivity index (χ2n) is 6.61. The van der Waals surface area contributed by atoms with E-state index in [0.717, 1.165) is 29.7 Å². The van der Waals surface area contributed by atoms with Crippen LogP contribution in [-0.2, 0) is 35.3 Å². The number of aryl methyl sites for hydroxylation is 2. The lowest BCUT2D eigenvalue weighted by Gasteiger charge is -2.16. The van der Waals surface area contributed by atoms with Crippen molar-refractivity contribution in [3.05, 3.63) is 64.7 Å². The smallest absolute Gasteiger partial charge is 0.242 e. The molecule has 2 amide bonds. The molecule has 0 aliphatic heterocycles. The predicted molar refractivity (Wildman–Crippen MR) is 99.8 cm³/mol. The molecule has 5 nitrogen and oxygen atoms in total. The third kappa shape index (κ3) is 4.85. The molecule has 3 rings (SSSR count). The van der Waals surface area contributed by atoms with Crippen molar-refractivity contribution < 1.29 is 14.3 Å². The third-order valence-corrected chi connectivity index (χ3v) is 4.64. The van der Waals surface area contributed by atoms with Crippen molar-refractivity contribution >= 4 is 11.8 Å². The fraction of sp³-hybridized carbons (Fsp3) is 0.333. The highest BCUT2D eigenvalue weighted by Crippen LogP contribution is 2.22. The number of benzene rings is 2. The van der Waals surface area contributed by atoms with E-state index in [4.69, 9.17) is 4.74 Å². The van der Waals surface area contributed by atoms with Crippen molar-refractivity contribution in [2.45, 2.75) is 38.5 Å². The Hall–Kier alpha value is -2.82. The highest BCUT2D eigenvalue weighted by atomic mass is 16.5. The van der Waals surface area contributed by atoms with Crippen LogP contribution in [-0.4, -0.2) is 18.9 Å². The maximum atomic E-state index is 12.1. The van der Waals surface area contributed by atoms with Crippen molar-refractivity contribution in [2.75, 3.05) is 7.11 Å². The summed E-state index contributed by atoms with van der Waals surface area (Å²) in [4.78, 5) is 24.0. The molecule has 0 fully saturated rings. The topological polar surface area (TPSA) is 67.4 Å². The van der Waals surface area contributed by atoms with Crippen LogP contribution in [0.1, 0.15) is 35.1 Å². The van der Waals surface area contributed by atoms with Crippen LogP contribution in [0.2, 0.25) is 0 Å². The van der Waals surface area contributed by atoms with E-state index in [0.29, 0.717) is 0 Å². The van der Waals surface area contributed by atoms with Gasteiger partial charge in [-0.2, -0.15) is 0 Å². The standard InChI is InChI=1S/C21H24N2O3/c1-26-19-10-7-15(8-11-19)13-20(24)22-23-21(25)14-16-6-9-17-4-2-3-5-18(17)12-16/h6-12H,2-5,13-14H2,1H3,(H,22,24)(H,23,25). The number of rotatable bonds is 5. The van der Waals surface area contributed by atoms with Gasteiger partial charge in [0.2, 0.25) is 11.8 Å². The van der Waals surface area contributed by atoms with Crippen LogP contribution >= 0.6 is 0 Å². The van der Waals surface area contributed by atoms with Crippen LogP contribution in [0.25, 0.3) is 0 Å². The Bertz CT molecular complexity index is 784. The van der Waals surface area contributed by atoms with Crippen LogP contribution in [0.5, 0.6) is 5.75 Å². The average molecular weight is 352 g/mol. The first-order valence-corrected chi connectivity index (χ1v) is 8.95. The van der Waals surface area contributed by atoms with Crippen molar-refractivity contribution in [1.82, 2.24) is 10.9 Å². The Morgan fingerprint density at radius 2 is 1.42 bits per heavy atom. The molecule has 0 bridgehead atoms. The number of fused-ring (bicyclic) bond motifs is 1. The largest absolute Gasteiger partial charge is 0.497 e. The number of methoxy groups -OCH3 is 1. The molecule has 0 unspecified atom stereocenters. The van der Waals surface area contributed by atoms with Crippen LogP contribution in [0.15, 0.2) is 42.5 Å². The summed E-state index contributed by atoms with van der Waals surface area (Å²) < 4.78 is 5.09. The lowest BCUT2D eigenvalue weighted by Crippen LogP contribution is -2.43. The van der Waals surface area contributed by atoms with E-state index >= 15 is 0 Å². The van der Waals surface area contributed by atoms with Gasteiger partial charge in [-0.15, -0.1) is 0 Å². The molecule has 0 saturated heterocycles. The number of amides is 2. The van der Waals surface area contributed by atoms with Crippen molar-refractivity contribution in [1.29, 1.82) is 0 Å². The fourth-order valence-corrected chi connectivity index (χ4v) is 3.24. The molecule has 0 radical (unpaired) electrons. The van der Waals surface area contributed by atoms with Crippen LogP contribution < -0.4 is 15.6 Å². The molecule has 2 aromatic rings. The first-order valence-electron chi connectivity index (χ1n) is 8.95. The summed E-state index contributed by atoms with van der Waals surface area (Å²) in [5.74, 6) is 0.269. The first kappa shape index (κ1) is 18.0. The number of hydrogen-bond acceptors (Lipinski definition) is 3. The molecule has 26 heavy (non-hydrogen) atoms. The van der Waals surface area contributed by atoms with Gasteiger partial charge < -0.3 is 4.74 Å². The molecule has 1 aliphatic carbocycles. The summed E-state index contributed by atoms with van der Waals surface area (Å²) >= 11 is 0. The molecule has 5 heteroatoms. The number of ether oxygens (including phenoxy) is 1. The highest BCUT2D eigenvalue weighted by molar-refractivity contribution is 5.84. The van der Waals surface area contributed by atoms with Crippen molar-refractivity contribution in [3.8, 4) is 5.75 Å². The minimum absolute atomic E-state index is 0.198. The number of nitrogens with one attached hydrogen (secondary N) is 2. The zero-order valence-electron chi connectivity index (χ0n) is 15.0. The maximum absolute atomic E-state index is 12.1. The van der Waals surface area contributed by atoms with Gasteiger partial charge >= 0.3 is 0 Å².